The lowest BCUT2D eigenvalue weighted by Crippen LogP contribution is -2.40. The van der Waals surface area contributed by atoms with Gasteiger partial charge in [0.15, 0.2) is 5.78 Å². The van der Waals surface area contributed by atoms with Crippen LogP contribution in [0.15, 0.2) is 45.9 Å². The summed E-state index contributed by atoms with van der Waals surface area (Å²) < 4.78 is 32.7. The molecule has 144 valence electrons. The number of ketones is 1. The highest BCUT2D eigenvalue weighted by Crippen LogP contribution is 2.30. The number of sulfonamides is 1. The van der Waals surface area contributed by atoms with Gasteiger partial charge in [0.1, 0.15) is 15.8 Å². The van der Waals surface area contributed by atoms with E-state index in [4.69, 9.17) is 16.3 Å². The number of carbonyl (C=O) groups is 1. The number of Topliss-reactive ketones (excluding diaryl/α,β-unsaturated/α-hetero) is 1. The number of hydrogen-bond acceptors (Lipinski definition) is 5. The van der Waals surface area contributed by atoms with Crippen molar-refractivity contribution in [1.29, 1.82) is 0 Å². The van der Waals surface area contributed by atoms with Crippen LogP contribution in [-0.2, 0) is 10.0 Å². The van der Waals surface area contributed by atoms with Gasteiger partial charge in [0.05, 0.1) is 7.11 Å². The van der Waals surface area contributed by atoms with Crippen LogP contribution >= 0.6 is 27.5 Å². The SMILES string of the molecule is COc1ccc(C(=O)C2CCN(S(=O)(=O)c3cc(Br)cnc3Cl)CC2)cc1. The van der Waals surface area contributed by atoms with Gasteiger partial charge >= 0.3 is 0 Å². The molecule has 1 fully saturated rings. The molecular weight excluding hydrogens is 456 g/mol. The summed E-state index contributed by atoms with van der Waals surface area (Å²) in [5.41, 5.74) is 0.608. The number of aromatic nitrogens is 1. The Balaban J connectivity index is 1.70. The van der Waals surface area contributed by atoms with Gasteiger partial charge in [0.25, 0.3) is 0 Å². The zero-order valence-corrected chi connectivity index (χ0v) is 17.7. The van der Waals surface area contributed by atoms with Gasteiger partial charge < -0.3 is 4.74 Å². The standard InChI is InChI=1S/C18H18BrClN2O4S/c1-26-15-4-2-12(3-5-15)17(23)13-6-8-22(9-7-13)27(24,25)16-10-14(19)11-21-18(16)20/h2-5,10-11,13H,6-9H2,1H3. The number of carbonyl (C=O) groups excluding carboxylic acids is 1. The first-order chi connectivity index (χ1) is 12.8. The summed E-state index contributed by atoms with van der Waals surface area (Å²) in [6.45, 7) is 0.523. The topological polar surface area (TPSA) is 76.6 Å². The highest BCUT2D eigenvalue weighted by atomic mass is 79.9. The van der Waals surface area contributed by atoms with Crippen LogP contribution < -0.4 is 4.74 Å². The summed E-state index contributed by atoms with van der Waals surface area (Å²) in [6.07, 6.45) is 2.37. The molecule has 9 heteroatoms. The largest absolute Gasteiger partial charge is 0.497 e. The van der Waals surface area contributed by atoms with Crippen molar-refractivity contribution in [2.45, 2.75) is 17.7 Å². The third-order valence-electron chi connectivity index (χ3n) is 4.59. The van der Waals surface area contributed by atoms with Gasteiger partial charge in [-0.25, -0.2) is 13.4 Å². The Morgan fingerprint density at radius 2 is 1.89 bits per heavy atom. The number of halogens is 2. The van der Waals surface area contributed by atoms with E-state index >= 15 is 0 Å². The molecule has 0 amide bonds. The Morgan fingerprint density at radius 3 is 2.48 bits per heavy atom. The lowest BCUT2D eigenvalue weighted by Gasteiger charge is -2.30. The van der Waals surface area contributed by atoms with Crippen LogP contribution in [0, 0.1) is 5.92 Å². The number of piperidine rings is 1. The molecule has 1 aliphatic heterocycles. The van der Waals surface area contributed by atoms with Crippen LogP contribution in [0.2, 0.25) is 5.15 Å². The molecule has 2 aromatic rings. The minimum atomic E-state index is -3.76. The number of rotatable bonds is 5. The van der Waals surface area contributed by atoms with Crippen LogP contribution in [0.4, 0.5) is 0 Å². The average molecular weight is 474 g/mol. The zero-order chi connectivity index (χ0) is 19.6. The molecule has 0 saturated carbocycles. The fourth-order valence-electron chi connectivity index (χ4n) is 3.07. The summed E-state index contributed by atoms with van der Waals surface area (Å²) in [5, 5.41) is -0.0605. The first kappa shape index (κ1) is 20.3. The molecular formula is C18H18BrClN2O4S. The molecule has 0 bridgehead atoms. The lowest BCUT2D eigenvalue weighted by molar-refractivity contribution is 0.0875. The van der Waals surface area contributed by atoms with E-state index in [1.165, 1.54) is 16.6 Å². The van der Waals surface area contributed by atoms with E-state index in [1.807, 2.05) is 0 Å². The van der Waals surface area contributed by atoms with Crippen LogP contribution in [0.25, 0.3) is 0 Å². The molecule has 0 aliphatic carbocycles. The van der Waals surface area contributed by atoms with Gasteiger partial charge in [-0.05, 0) is 59.1 Å². The maximum Gasteiger partial charge on any atom is 0.246 e. The Labute approximate surface area is 171 Å². The van der Waals surface area contributed by atoms with Gasteiger partial charge in [0, 0.05) is 35.2 Å². The maximum atomic E-state index is 12.9. The van der Waals surface area contributed by atoms with Crippen molar-refractivity contribution < 1.29 is 17.9 Å². The molecule has 0 unspecified atom stereocenters. The van der Waals surface area contributed by atoms with Crippen molar-refractivity contribution in [1.82, 2.24) is 9.29 Å². The van der Waals surface area contributed by atoms with E-state index in [1.54, 1.807) is 31.4 Å². The average Bonchev–Trinajstić information content (AvgIpc) is 2.69. The number of benzene rings is 1. The van der Waals surface area contributed by atoms with Crippen LogP contribution in [-0.4, -0.2) is 43.7 Å². The Bertz CT molecular complexity index is 942. The summed E-state index contributed by atoms with van der Waals surface area (Å²) >= 11 is 9.20. The highest BCUT2D eigenvalue weighted by Gasteiger charge is 2.33. The molecule has 0 radical (unpaired) electrons. The van der Waals surface area contributed by atoms with E-state index in [9.17, 15) is 13.2 Å². The molecule has 2 heterocycles. The third kappa shape index (κ3) is 4.34. The molecule has 6 nitrogen and oxygen atoms in total. The predicted molar refractivity (Wildman–Crippen MR) is 106 cm³/mol. The summed E-state index contributed by atoms with van der Waals surface area (Å²) in [6, 6.07) is 8.40. The summed E-state index contributed by atoms with van der Waals surface area (Å²) in [4.78, 5) is 16.5. The predicted octanol–water partition coefficient (Wildman–Crippen LogP) is 3.79. The van der Waals surface area contributed by atoms with Crippen LogP contribution in [0.3, 0.4) is 0 Å². The smallest absolute Gasteiger partial charge is 0.246 e. The van der Waals surface area contributed by atoms with Crippen molar-refractivity contribution in [3.63, 3.8) is 0 Å². The second-order valence-electron chi connectivity index (χ2n) is 6.21. The zero-order valence-electron chi connectivity index (χ0n) is 14.6. The van der Waals surface area contributed by atoms with Crippen LogP contribution in [0.1, 0.15) is 23.2 Å². The van der Waals surface area contributed by atoms with Crippen molar-refractivity contribution in [2.24, 2.45) is 5.92 Å². The third-order valence-corrected chi connectivity index (χ3v) is 7.35. The quantitative estimate of drug-likeness (QED) is 0.488. The number of pyridine rings is 1. The Morgan fingerprint density at radius 1 is 1.26 bits per heavy atom. The fourth-order valence-corrected chi connectivity index (χ4v) is 5.46. The second kappa shape index (κ2) is 8.26. The van der Waals surface area contributed by atoms with Crippen molar-refractivity contribution in [2.75, 3.05) is 20.2 Å². The molecule has 1 aromatic carbocycles. The van der Waals surface area contributed by atoms with Gasteiger partial charge in [0.2, 0.25) is 10.0 Å². The maximum absolute atomic E-state index is 12.9. The monoisotopic (exact) mass is 472 g/mol. The van der Waals surface area contributed by atoms with Crippen molar-refractivity contribution in [3.8, 4) is 5.75 Å². The van der Waals surface area contributed by atoms with Crippen LogP contribution in [0.5, 0.6) is 5.75 Å². The minimum absolute atomic E-state index is 0.0249. The molecule has 1 aromatic heterocycles. The normalized spacial score (nSPS) is 16.3. The van der Waals surface area contributed by atoms with E-state index in [-0.39, 0.29) is 34.8 Å². The molecule has 0 N–H and O–H groups in total. The van der Waals surface area contributed by atoms with E-state index in [0.29, 0.717) is 28.6 Å². The highest BCUT2D eigenvalue weighted by molar-refractivity contribution is 9.10. The lowest BCUT2D eigenvalue weighted by atomic mass is 9.89. The second-order valence-corrected chi connectivity index (χ2v) is 9.39. The van der Waals surface area contributed by atoms with Gasteiger partial charge in [-0.2, -0.15) is 4.31 Å². The molecule has 0 spiro atoms. The first-order valence-corrected chi connectivity index (χ1v) is 10.9. The van der Waals surface area contributed by atoms with Crippen molar-refractivity contribution in [3.05, 3.63) is 51.7 Å². The van der Waals surface area contributed by atoms with Gasteiger partial charge in [-0.15, -0.1) is 0 Å². The fraction of sp³-hybridized carbons (Fsp3) is 0.333. The van der Waals surface area contributed by atoms with E-state index in [0.717, 1.165) is 0 Å². The minimum Gasteiger partial charge on any atom is -0.497 e. The Hall–Kier alpha value is -1.48. The number of ether oxygens (including phenoxy) is 1. The first-order valence-electron chi connectivity index (χ1n) is 8.32. The number of nitrogens with zero attached hydrogens (tertiary/aromatic N) is 2. The van der Waals surface area contributed by atoms with E-state index in [2.05, 4.69) is 20.9 Å². The number of methoxy groups -OCH3 is 1. The summed E-state index contributed by atoms with van der Waals surface area (Å²) in [5.74, 6) is 0.504. The van der Waals surface area contributed by atoms with Gasteiger partial charge in [-0.1, -0.05) is 11.6 Å². The van der Waals surface area contributed by atoms with Gasteiger partial charge in [-0.3, -0.25) is 4.79 Å². The van der Waals surface area contributed by atoms with E-state index < -0.39 is 10.0 Å². The molecule has 1 aliphatic rings. The molecule has 27 heavy (non-hydrogen) atoms. The number of hydrogen-bond donors (Lipinski definition) is 0. The molecule has 0 atom stereocenters. The molecule has 1 saturated heterocycles. The molecule has 3 rings (SSSR count). The Kier molecular flexibility index (Phi) is 6.20. The van der Waals surface area contributed by atoms with Crippen molar-refractivity contribution >= 4 is 43.3 Å². The summed E-state index contributed by atoms with van der Waals surface area (Å²) in [7, 11) is -2.19.